The van der Waals surface area contributed by atoms with E-state index in [1.54, 1.807) is 36.4 Å². The first-order chi connectivity index (χ1) is 12.4. The van der Waals surface area contributed by atoms with E-state index >= 15 is 0 Å². The summed E-state index contributed by atoms with van der Waals surface area (Å²) in [6.45, 7) is 1.70. The topological polar surface area (TPSA) is 95.7 Å². The molecule has 26 heavy (non-hydrogen) atoms. The van der Waals surface area contributed by atoms with E-state index in [1.807, 2.05) is 0 Å². The van der Waals surface area contributed by atoms with Gasteiger partial charge in [0, 0.05) is 17.7 Å². The summed E-state index contributed by atoms with van der Waals surface area (Å²) in [6, 6.07) is 10.7. The van der Waals surface area contributed by atoms with Gasteiger partial charge in [-0.2, -0.15) is 5.06 Å². The minimum atomic E-state index is -1.00. The second-order valence-corrected chi connectivity index (χ2v) is 5.52. The molecule has 1 atom stereocenters. The summed E-state index contributed by atoms with van der Waals surface area (Å²) in [5.41, 5.74) is 6.52. The van der Waals surface area contributed by atoms with Crippen molar-refractivity contribution in [3.63, 3.8) is 0 Å². The molecule has 0 saturated carbocycles. The van der Waals surface area contributed by atoms with Gasteiger partial charge in [-0.3, -0.25) is 10.0 Å². The summed E-state index contributed by atoms with van der Waals surface area (Å²) in [5.74, 6) is 4.74. The van der Waals surface area contributed by atoms with Crippen LogP contribution in [0.15, 0.2) is 48.5 Å². The lowest BCUT2D eigenvalue weighted by molar-refractivity contribution is -0.0536. The van der Waals surface area contributed by atoms with Crippen LogP contribution in [0.4, 0.5) is 9.18 Å². The first-order valence-electron chi connectivity index (χ1n) is 7.78. The molecule has 0 spiro atoms. The van der Waals surface area contributed by atoms with E-state index in [9.17, 15) is 19.2 Å². The number of benzene rings is 2. The number of carbonyl (C=O) groups excluding carboxylic acids is 2. The standard InChI is InChI=1S/C19H18FN3O3/c1-13(23(26)19(21)25)8-9-14-4-2-6-16(10-14)18(24)22-12-15-5-3-7-17(20)11-15/h2-7,10-11,13,26H,12H2,1H3,(H2,21,25)(H,22,24). The monoisotopic (exact) mass is 355 g/mol. The summed E-state index contributed by atoms with van der Waals surface area (Å²) in [5, 5.41) is 12.4. The van der Waals surface area contributed by atoms with Gasteiger partial charge in [0.05, 0.1) is 0 Å². The van der Waals surface area contributed by atoms with Gasteiger partial charge in [0.1, 0.15) is 11.9 Å². The number of carbonyl (C=O) groups is 2. The first kappa shape index (κ1) is 19.0. The molecule has 0 fully saturated rings. The summed E-state index contributed by atoms with van der Waals surface area (Å²) in [6.07, 6.45) is 0. The molecule has 0 aliphatic rings. The second kappa shape index (κ2) is 8.65. The molecular weight excluding hydrogens is 337 g/mol. The molecule has 2 rings (SSSR count). The number of urea groups is 1. The number of halogens is 1. The van der Waals surface area contributed by atoms with Crippen molar-refractivity contribution in [2.75, 3.05) is 0 Å². The van der Waals surface area contributed by atoms with Gasteiger partial charge in [0.15, 0.2) is 0 Å². The number of amides is 3. The van der Waals surface area contributed by atoms with E-state index in [4.69, 9.17) is 5.73 Å². The Bertz CT molecular complexity index is 874. The van der Waals surface area contributed by atoms with Crippen LogP contribution < -0.4 is 11.1 Å². The van der Waals surface area contributed by atoms with Crippen LogP contribution in [0, 0.1) is 17.7 Å². The third-order valence-corrected chi connectivity index (χ3v) is 3.48. The minimum absolute atomic E-state index is 0.196. The van der Waals surface area contributed by atoms with Gasteiger partial charge in [-0.05, 0) is 42.8 Å². The van der Waals surface area contributed by atoms with E-state index in [0.29, 0.717) is 21.8 Å². The maximum atomic E-state index is 13.1. The number of hydroxylamine groups is 2. The molecule has 0 heterocycles. The Hall–Kier alpha value is -3.37. The highest BCUT2D eigenvalue weighted by molar-refractivity contribution is 5.94. The van der Waals surface area contributed by atoms with Gasteiger partial charge in [-0.25, -0.2) is 9.18 Å². The summed E-state index contributed by atoms with van der Waals surface area (Å²) >= 11 is 0. The fourth-order valence-electron chi connectivity index (χ4n) is 2.11. The number of nitrogens with zero attached hydrogens (tertiary/aromatic N) is 1. The summed E-state index contributed by atoms with van der Waals surface area (Å²) < 4.78 is 13.1. The van der Waals surface area contributed by atoms with Crippen molar-refractivity contribution in [2.45, 2.75) is 19.5 Å². The van der Waals surface area contributed by atoms with E-state index < -0.39 is 12.1 Å². The molecule has 2 aromatic rings. The fourth-order valence-corrected chi connectivity index (χ4v) is 2.11. The molecule has 0 aliphatic carbocycles. The van der Waals surface area contributed by atoms with Crippen molar-refractivity contribution in [1.29, 1.82) is 0 Å². The molecular formula is C19H18FN3O3. The number of rotatable bonds is 4. The van der Waals surface area contributed by atoms with Crippen LogP contribution >= 0.6 is 0 Å². The molecule has 0 bridgehead atoms. The van der Waals surface area contributed by atoms with Gasteiger partial charge in [0.25, 0.3) is 5.91 Å². The van der Waals surface area contributed by atoms with Crippen LogP contribution in [0.5, 0.6) is 0 Å². The van der Waals surface area contributed by atoms with Crippen LogP contribution in [0.25, 0.3) is 0 Å². The third kappa shape index (κ3) is 5.33. The highest BCUT2D eigenvalue weighted by Crippen LogP contribution is 2.07. The highest BCUT2D eigenvalue weighted by Gasteiger charge is 2.12. The average Bonchev–Trinajstić information content (AvgIpc) is 2.63. The Kier molecular flexibility index (Phi) is 6.31. The smallest absolute Gasteiger partial charge is 0.339 e. The Balaban J connectivity index is 2.04. The van der Waals surface area contributed by atoms with Gasteiger partial charge in [0.2, 0.25) is 0 Å². The highest BCUT2D eigenvalue weighted by atomic mass is 19.1. The maximum absolute atomic E-state index is 13.1. The summed E-state index contributed by atoms with van der Waals surface area (Å²) in [7, 11) is 0. The predicted octanol–water partition coefficient (Wildman–Crippen LogP) is 2.27. The molecule has 0 aromatic heterocycles. The number of hydrogen-bond acceptors (Lipinski definition) is 3. The van der Waals surface area contributed by atoms with E-state index in [1.165, 1.54) is 19.1 Å². The average molecular weight is 355 g/mol. The molecule has 1 unspecified atom stereocenters. The minimum Gasteiger partial charge on any atom is -0.350 e. The zero-order chi connectivity index (χ0) is 19.1. The van der Waals surface area contributed by atoms with Crippen LogP contribution in [-0.2, 0) is 6.54 Å². The molecule has 0 radical (unpaired) electrons. The predicted molar refractivity (Wildman–Crippen MR) is 93.6 cm³/mol. The third-order valence-electron chi connectivity index (χ3n) is 3.48. The molecule has 2 aromatic carbocycles. The fraction of sp³-hybridized carbons (Fsp3) is 0.158. The van der Waals surface area contributed by atoms with Gasteiger partial charge in [-0.15, -0.1) is 0 Å². The van der Waals surface area contributed by atoms with Gasteiger partial charge >= 0.3 is 6.03 Å². The van der Waals surface area contributed by atoms with E-state index in [-0.39, 0.29) is 18.3 Å². The van der Waals surface area contributed by atoms with Crippen LogP contribution in [0.2, 0.25) is 0 Å². The van der Waals surface area contributed by atoms with Crippen LogP contribution in [0.3, 0.4) is 0 Å². The first-order valence-corrected chi connectivity index (χ1v) is 7.78. The molecule has 0 saturated heterocycles. The van der Waals surface area contributed by atoms with Crippen molar-refractivity contribution in [3.8, 4) is 11.8 Å². The molecule has 0 aliphatic heterocycles. The zero-order valence-corrected chi connectivity index (χ0v) is 14.1. The lowest BCUT2D eigenvalue weighted by Gasteiger charge is -2.14. The Morgan fingerprint density at radius 3 is 2.69 bits per heavy atom. The Morgan fingerprint density at radius 2 is 2.00 bits per heavy atom. The van der Waals surface area contributed by atoms with Crippen LogP contribution in [-0.4, -0.2) is 28.3 Å². The molecule has 134 valence electrons. The normalized spacial score (nSPS) is 11.0. The quantitative estimate of drug-likeness (QED) is 0.446. The second-order valence-electron chi connectivity index (χ2n) is 5.52. The lowest BCUT2D eigenvalue weighted by atomic mass is 10.1. The SMILES string of the molecule is CC(C#Cc1cccc(C(=O)NCc2cccc(F)c2)c1)N(O)C(N)=O. The van der Waals surface area contributed by atoms with Crippen molar-refractivity contribution in [3.05, 3.63) is 71.0 Å². The van der Waals surface area contributed by atoms with Gasteiger partial charge in [-0.1, -0.05) is 30.0 Å². The largest absolute Gasteiger partial charge is 0.350 e. The Morgan fingerprint density at radius 1 is 1.27 bits per heavy atom. The molecule has 7 heteroatoms. The molecule has 3 amide bonds. The molecule has 4 N–H and O–H groups in total. The van der Waals surface area contributed by atoms with Gasteiger partial charge < -0.3 is 11.1 Å². The van der Waals surface area contributed by atoms with Crippen LogP contribution in [0.1, 0.15) is 28.4 Å². The molecule has 6 nitrogen and oxygen atoms in total. The Labute approximate surface area is 150 Å². The van der Waals surface area contributed by atoms with Crippen molar-refractivity contribution in [2.24, 2.45) is 5.73 Å². The van der Waals surface area contributed by atoms with Crippen molar-refractivity contribution >= 4 is 11.9 Å². The lowest BCUT2D eigenvalue weighted by Crippen LogP contribution is -2.38. The van der Waals surface area contributed by atoms with Crippen molar-refractivity contribution in [1.82, 2.24) is 10.4 Å². The number of hydrogen-bond donors (Lipinski definition) is 3. The number of primary amides is 1. The number of nitrogens with one attached hydrogen (secondary N) is 1. The number of nitrogens with two attached hydrogens (primary N) is 1. The van der Waals surface area contributed by atoms with Crippen molar-refractivity contribution < 1.29 is 19.2 Å². The van der Waals surface area contributed by atoms with E-state index in [0.717, 1.165) is 0 Å². The maximum Gasteiger partial charge on any atom is 0.339 e. The zero-order valence-electron chi connectivity index (χ0n) is 14.1. The summed E-state index contributed by atoms with van der Waals surface area (Å²) in [4.78, 5) is 23.1. The van der Waals surface area contributed by atoms with E-state index in [2.05, 4.69) is 17.2 Å².